The number of aromatic carboxylic acids is 1. The summed E-state index contributed by atoms with van der Waals surface area (Å²) in [7, 11) is 0. The zero-order valence-corrected chi connectivity index (χ0v) is 15.4. The molecule has 1 aliphatic heterocycles. The number of anilines is 1. The van der Waals surface area contributed by atoms with Gasteiger partial charge in [0.2, 0.25) is 0 Å². The normalized spacial score (nSPS) is 21.2. The molecule has 2 aromatic rings. The van der Waals surface area contributed by atoms with Gasteiger partial charge in [0.15, 0.2) is 10.8 Å². The second-order valence-electron chi connectivity index (χ2n) is 6.50. The molecule has 0 radical (unpaired) electrons. The van der Waals surface area contributed by atoms with E-state index in [0.29, 0.717) is 16.4 Å². The summed E-state index contributed by atoms with van der Waals surface area (Å²) < 4.78 is 0.629. The lowest BCUT2D eigenvalue weighted by Crippen LogP contribution is -2.59. The lowest BCUT2D eigenvalue weighted by atomic mass is 9.98. The van der Waals surface area contributed by atoms with Gasteiger partial charge in [-0.05, 0) is 25.3 Å². The van der Waals surface area contributed by atoms with E-state index in [0.717, 1.165) is 37.5 Å². The maximum atomic E-state index is 11.4. The fourth-order valence-corrected chi connectivity index (χ4v) is 4.34. The zero-order valence-electron chi connectivity index (χ0n) is 14.6. The van der Waals surface area contributed by atoms with Crippen molar-refractivity contribution in [1.82, 2.24) is 15.3 Å². The Morgan fingerprint density at radius 2 is 2.28 bits per heavy atom. The Labute approximate surface area is 151 Å². The minimum absolute atomic E-state index is 0.124. The zero-order chi connectivity index (χ0) is 18.0. The Balaban J connectivity index is 1.83. The molecular formula is C17H25N5O2S. The van der Waals surface area contributed by atoms with Gasteiger partial charge in [-0.3, -0.25) is 0 Å². The van der Waals surface area contributed by atoms with Gasteiger partial charge < -0.3 is 21.1 Å². The van der Waals surface area contributed by atoms with E-state index < -0.39 is 5.97 Å². The molecule has 0 aromatic carbocycles. The van der Waals surface area contributed by atoms with Crippen LogP contribution in [-0.2, 0) is 0 Å². The lowest BCUT2D eigenvalue weighted by Gasteiger charge is -2.39. The van der Waals surface area contributed by atoms with Crippen LogP contribution in [0.2, 0.25) is 0 Å². The SMILES string of the molecule is CCC(CC)N[C@H]1CN(c2nc3nccc(C(=O)O)c3s2)CC[C@H]1N. The summed E-state index contributed by atoms with van der Waals surface area (Å²) in [4.78, 5) is 22.4. The Kier molecular flexibility index (Phi) is 5.51. The number of thiazole rings is 1. The number of fused-ring (bicyclic) bond motifs is 1. The van der Waals surface area contributed by atoms with Crippen LogP contribution in [0.5, 0.6) is 0 Å². The summed E-state index contributed by atoms with van der Waals surface area (Å²) in [5.74, 6) is -0.948. The highest BCUT2D eigenvalue weighted by Crippen LogP contribution is 2.31. The minimum Gasteiger partial charge on any atom is -0.478 e. The summed E-state index contributed by atoms with van der Waals surface area (Å²) in [6, 6.07) is 2.32. The average molecular weight is 363 g/mol. The van der Waals surface area contributed by atoms with Gasteiger partial charge in [0, 0.05) is 37.4 Å². The highest BCUT2D eigenvalue weighted by Gasteiger charge is 2.29. The summed E-state index contributed by atoms with van der Waals surface area (Å²) in [5, 5.41) is 13.8. The second kappa shape index (κ2) is 7.63. The monoisotopic (exact) mass is 363 g/mol. The smallest absolute Gasteiger partial charge is 0.337 e. The molecule has 7 nitrogen and oxygen atoms in total. The molecule has 25 heavy (non-hydrogen) atoms. The van der Waals surface area contributed by atoms with Gasteiger partial charge in [0.25, 0.3) is 0 Å². The quantitative estimate of drug-likeness (QED) is 0.721. The highest BCUT2D eigenvalue weighted by atomic mass is 32.1. The van der Waals surface area contributed by atoms with Crippen molar-refractivity contribution in [3.8, 4) is 0 Å². The Bertz CT molecular complexity index is 746. The van der Waals surface area contributed by atoms with Gasteiger partial charge in [0.05, 0.1) is 10.3 Å². The molecule has 1 fully saturated rings. The van der Waals surface area contributed by atoms with Crippen LogP contribution >= 0.6 is 11.3 Å². The number of carboxylic acid groups (broad SMARTS) is 1. The van der Waals surface area contributed by atoms with Crippen LogP contribution in [-0.4, -0.2) is 52.3 Å². The number of rotatable bonds is 6. The maximum absolute atomic E-state index is 11.4. The van der Waals surface area contributed by atoms with Crippen molar-refractivity contribution in [2.75, 3.05) is 18.0 Å². The largest absolute Gasteiger partial charge is 0.478 e. The Morgan fingerprint density at radius 3 is 2.96 bits per heavy atom. The van der Waals surface area contributed by atoms with E-state index >= 15 is 0 Å². The van der Waals surface area contributed by atoms with Crippen LogP contribution in [0, 0.1) is 0 Å². The molecule has 2 aromatic heterocycles. The van der Waals surface area contributed by atoms with E-state index in [1.165, 1.54) is 23.6 Å². The molecule has 8 heteroatoms. The standard InChI is InChI=1S/C17H25N5O2S/c1-3-10(4-2)20-13-9-22(8-6-12(13)18)17-21-15-14(25-17)11(16(23)24)5-7-19-15/h5,7,10,12-13,20H,3-4,6,8-9,18H2,1-2H3,(H,23,24)/t12-,13+/m1/s1. The first-order valence-electron chi connectivity index (χ1n) is 8.78. The van der Waals surface area contributed by atoms with Gasteiger partial charge >= 0.3 is 5.97 Å². The van der Waals surface area contributed by atoms with Crippen molar-refractivity contribution >= 4 is 32.8 Å². The van der Waals surface area contributed by atoms with E-state index in [9.17, 15) is 9.90 Å². The van der Waals surface area contributed by atoms with Gasteiger partial charge in [-0.15, -0.1) is 0 Å². The van der Waals surface area contributed by atoms with Crippen LogP contribution in [0.4, 0.5) is 5.13 Å². The van der Waals surface area contributed by atoms with E-state index in [1.54, 1.807) is 0 Å². The summed E-state index contributed by atoms with van der Waals surface area (Å²) in [5.41, 5.74) is 7.08. The highest BCUT2D eigenvalue weighted by molar-refractivity contribution is 7.22. The van der Waals surface area contributed by atoms with Crippen LogP contribution in [0.3, 0.4) is 0 Å². The Hall–Kier alpha value is -1.77. The lowest BCUT2D eigenvalue weighted by molar-refractivity contribution is 0.0699. The number of aromatic nitrogens is 2. The van der Waals surface area contributed by atoms with E-state index in [-0.39, 0.29) is 17.6 Å². The number of hydrogen-bond acceptors (Lipinski definition) is 7. The fraction of sp³-hybridized carbons (Fsp3) is 0.588. The number of carboxylic acids is 1. The van der Waals surface area contributed by atoms with Crippen molar-refractivity contribution in [3.05, 3.63) is 17.8 Å². The second-order valence-corrected chi connectivity index (χ2v) is 7.48. The van der Waals surface area contributed by atoms with Crippen LogP contribution in [0.15, 0.2) is 12.3 Å². The van der Waals surface area contributed by atoms with E-state index in [2.05, 4.69) is 34.0 Å². The summed E-state index contributed by atoms with van der Waals surface area (Å²) in [6.07, 6.45) is 4.53. The molecule has 2 atom stereocenters. The van der Waals surface area contributed by atoms with Crippen LogP contribution < -0.4 is 16.0 Å². The number of pyridine rings is 1. The number of piperidine rings is 1. The van der Waals surface area contributed by atoms with Crippen molar-refractivity contribution in [2.45, 2.75) is 51.2 Å². The molecule has 3 rings (SSSR count). The third-order valence-electron chi connectivity index (χ3n) is 4.88. The first-order chi connectivity index (χ1) is 12.0. The first kappa shape index (κ1) is 18.0. The van der Waals surface area contributed by atoms with Gasteiger partial charge in [-0.25, -0.2) is 9.78 Å². The van der Waals surface area contributed by atoms with Crippen molar-refractivity contribution in [3.63, 3.8) is 0 Å². The molecule has 3 heterocycles. The fourth-order valence-electron chi connectivity index (χ4n) is 3.27. The average Bonchev–Trinajstić information content (AvgIpc) is 3.04. The summed E-state index contributed by atoms with van der Waals surface area (Å²) in [6.45, 7) is 5.96. The molecule has 1 aliphatic rings. The molecule has 0 aliphatic carbocycles. The van der Waals surface area contributed by atoms with Crippen molar-refractivity contribution in [2.24, 2.45) is 5.73 Å². The summed E-state index contributed by atoms with van der Waals surface area (Å²) >= 11 is 1.40. The minimum atomic E-state index is -0.948. The third-order valence-corrected chi connectivity index (χ3v) is 6.02. The molecule has 1 saturated heterocycles. The number of nitrogens with zero attached hydrogens (tertiary/aromatic N) is 3. The van der Waals surface area contributed by atoms with Crippen LogP contribution in [0.25, 0.3) is 10.3 Å². The maximum Gasteiger partial charge on any atom is 0.337 e. The first-order valence-corrected chi connectivity index (χ1v) is 9.60. The van der Waals surface area contributed by atoms with Gasteiger partial charge in [0.1, 0.15) is 0 Å². The van der Waals surface area contributed by atoms with Gasteiger partial charge in [-0.2, -0.15) is 4.98 Å². The van der Waals surface area contributed by atoms with Crippen LogP contribution in [0.1, 0.15) is 43.5 Å². The molecule has 0 bridgehead atoms. The molecule has 136 valence electrons. The molecule has 0 amide bonds. The number of nitrogens with one attached hydrogen (secondary N) is 1. The molecule has 4 N–H and O–H groups in total. The molecule has 0 unspecified atom stereocenters. The number of carbonyl (C=O) groups is 1. The predicted molar refractivity (Wildman–Crippen MR) is 100 cm³/mol. The third kappa shape index (κ3) is 3.75. The number of hydrogen-bond donors (Lipinski definition) is 3. The van der Waals surface area contributed by atoms with E-state index in [1.807, 2.05) is 0 Å². The molecule has 0 saturated carbocycles. The topological polar surface area (TPSA) is 104 Å². The predicted octanol–water partition coefficient (Wildman–Crippen LogP) is 2.07. The van der Waals surface area contributed by atoms with Gasteiger partial charge in [-0.1, -0.05) is 25.2 Å². The van der Waals surface area contributed by atoms with Crippen molar-refractivity contribution < 1.29 is 9.90 Å². The van der Waals surface area contributed by atoms with Crippen molar-refractivity contribution in [1.29, 1.82) is 0 Å². The molecule has 0 spiro atoms. The Morgan fingerprint density at radius 1 is 1.52 bits per heavy atom. The number of nitrogens with two attached hydrogens (primary N) is 1. The molecular weight excluding hydrogens is 338 g/mol. The van der Waals surface area contributed by atoms with E-state index in [4.69, 9.17) is 5.73 Å².